The second-order valence-corrected chi connectivity index (χ2v) is 13.5. The fraction of sp³-hybridized carbons (Fsp3) is 0.286. The van der Waals surface area contributed by atoms with Crippen molar-refractivity contribution in [1.29, 1.82) is 0 Å². The molecule has 0 aliphatic carbocycles. The second-order valence-electron chi connectivity index (χ2n) is 9.77. The van der Waals surface area contributed by atoms with Crippen molar-refractivity contribution in [2.24, 2.45) is 0 Å². The first kappa shape index (κ1) is 27.8. The van der Waals surface area contributed by atoms with Gasteiger partial charge in [0.15, 0.2) is 6.61 Å². The number of ether oxygens (including phenoxy) is 1. The fourth-order valence-electron chi connectivity index (χ4n) is 5.00. The number of fused-ring (bicyclic) bond motifs is 1. The van der Waals surface area contributed by atoms with E-state index < -0.39 is 38.5 Å². The van der Waals surface area contributed by atoms with Crippen molar-refractivity contribution in [3.63, 3.8) is 0 Å². The Morgan fingerprint density at radius 2 is 1.57 bits per heavy atom. The first-order chi connectivity index (χ1) is 19.1. The molecular formula is C28H29N3O7S2. The van der Waals surface area contributed by atoms with E-state index in [-0.39, 0.29) is 21.4 Å². The van der Waals surface area contributed by atoms with Crippen LogP contribution in [0.1, 0.15) is 35.7 Å². The Balaban J connectivity index is 1.21. The molecule has 1 fully saturated rings. The van der Waals surface area contributed by atoms with Crippen LogP contribution in [0.3, 0.4) is 0 Å². The molecule has 2 aliphatic rings. The van der Waals surface area contributed by atoms with Crippen molar-refractivity contribution in [1.82, 2.24) is 4.31 Å². The van der Waals surface area contributed by atoms with Gasteiger partial charge in [-0.1, -0.05) is 24.3 Å². The molecule has 1 N–H and O–H groups in total. The van der Waals surface area contributed by atoms with E-state index >= 15 is 0 Å². The monoisotopic (exact) mass is 583 g/mol. The molecule has 1 saturated heterocycles. The van der Waals surface area contributed by atoms with Crippen LogP contribution in [0.4, 0.5) is 11.4 Å². The van der Waals surface area contributed by atoms with Crippen LogP contribution in [0.25, 0.3) is 0 Å². The Labute approximate surface area is 233 Å². The van der Waals surface area contributed by atoms with Crippen LogP contribution in [0.5, 0.6) is 0 Å². The van der Waals surface area contributed by atoms with Gasteiger partial charge in [0, 0.05) is 24.8 Å². The highest BCUT2D eigenvalue weighted by Gasteiger charge is 2.36. The summed E-state index contributed by atoms with van der Waals surface area (Å²) < 4.78 is 60.2. The number of hydrogen-bond acceptors (Lipinski definition) is 7. The summed E-state index contributed by atoms with van der Waals surface area (Å²) in [4.78, 5) is 25.1. The summed E-state index contributed by atoms with van der Waals surface area (Å²) in [6, 6.07) is 18.3. The minimum Gasteiger partial charge on any atom is -0.452 e. The number of nitrogens with zero attached hydrogens (tertiary/aromatic N) is 2. The number of rotatable bonds is 8. The largest absolute Gasteiger partial charge is 0.452 e. The lowest BCUT2D eigenvalue weighted by molar-refractivity contribution is -0.119. The summed E-state index contributed by atoms with van der Waals surface area (Å²) >= 11 is 0. The quantitative estimate of drug-likeness (QED) is 0.402. The average molecular weight is 584 g/mol. The van der Waals surface area contributed by atoms with Crippen molar-refractivity contribution < 1.29 is 31.2 Å². The summed E-state index contributed by atoms with van der Waals surface area (Å²) in [5.74, 6) is -1.48. The smallest absolute Gasteiger partial charge is 0.338 e. The van der Waals surface area contributed by atoms with E-state index in [0.29, 0.717) is 30.9 Å². The number of carbonyl (C=O) groups is 2. The van der Waals surface area contributed by atoms with Gasteiger partial charge < -0.3 is 10.1 Å². The van der Waals surface area contributed by atoms with Gasteiger partial charge in [-0.2, -0.15) is 4.31 Å². The molecule has 1 amide bonds. The highest BCUT2D eigenvalue weighted by molar-refractivity contribution is 7.93. The van der Waals surface area contributed by atoms with Crippen molar-refractivity contribution in [2.45, 2.75) is 42.0 Å². The van der Waals surface area contributed by atoms with Gasteiger partial charge in [0.25, 0.3) is 15.9 Å². The van der Waals surface area contributed by atoms with Gasteiger partial charge in [0.1, 0.15) is 0 Å². The molecule has 0 saturated carbocycles. The number of hydrogen-bond donors (Lipinski definition) is 1. The van der Waals surface area contributed by atoms with E-state index in [4.69, 9.17) is 4.74 Å². The minimum atomic E-state index is -3.95. The Morgan fingerprint density at radius 1 is 0.875 bits per heavy atom. The standard InChI is InChI=1S/C28H29N3O7S2/c1-20-17-21-7-2-3-10-26(21)31(20)40(36,37)25-9-6-8-22(18-25)28(33)38-19-27(32)29-23-11-13-24(14-12-23)39(34,35)30-15-4-5-16-30/h2-3,6-14,18,20H,4-5,15-17,19H2,1H3,(H,29,32)/t20-/m1/s1. The molecular weight excluding hydrogens is 554 g/mol. The van der Waals surface area contributed by atoms with Gasteiger partial charge in [0.05, 0.1) is 21.0 Å². The Bertz CT molecular complexity index is 1650. The summed E-state index contributed by atoms with van der Waals surface area (Å²) in [7, 11) is -7.52. The number of carbonyl (C=O) groups excluding carboxylic acids is 2. The maximum Gasteiger partial charge on any atom is 0.338 e. The highest BCUT2D eigenvalue weighted by Crippen LogP contribution is 2.36. The third-order valence-corrected chi connectivity index (χ3v) is 10.8. The van der Waals surface area contributed by atoms with E-state index in [0.717, 1.165) is 18.4 Å². The topological polar surface area (TPSA) is 130 Å². The molecule has 1 atom stereocenters. The van der Waals surface area contributed by atoms with Gasteiger partial charge >= 0.3 is 5.97 Å². The molecule has 10 nitrogen and oxygen atoms in total. The van der Waals surface area contributed by atoms with E-state index in [1.807, 2.05) is 19.1 Å². The molecule has 0 aromatic heterocycles. The lowest BCUT2D eigenvalue weighted by atomic mass is 10.1. The van der Waals surface area contributed by atoms with Crippen LogP contribution in [0.2, 0.25) is 0 Å². The Hall–Kier alpha value is -3.74. The first-order valence-electron chi connectivity index (χ1n) is 12.9. The third-order valence-electron chi connectivity index (χ3n) is 6.95. The number of esters is 1. The summed E-state index contributed by atoms with van der Waals surface area (Å²) in [6.07, 6.45) is 2.25. The zero-order chi connectivity index (χ0) is 28.5. The van der Waals surface area contributed by atoms with Gasteiger partial charge in [-0.05, 0) is 80.3 Å². The van der Waals surface area contributed by atoms with Gasteiger partial charge in [-0.3, -0.25) is 9.10 Å². The second kappa shape index (κ2) is 11.0. The number of amides is 1. The van der Waals surface area contributed by atoms with Crippen molar-refractivity contribution >= 4 is 43.3 Å². The highest BCUT2D eigenvalue weighted by atomic mass is 32.2. The maximum absolute atomic E-state index is 13.5. The number of nitrogens with one attached hydrogen (secondary N) is 1. The van der Waals surface area contributed by atoms with Crippen LogP contribution < -0.4 is 9.62 Å². The number of anilines is 2. The number of benzene rings is 3. The van der Waals surface area contributed by atoms with E-state index in [1.54, 1.807) is 12.1 Å². The molecule has 40 heavy (non-hydrogen) atoms. The third kappa shape index (κ3) is 5.47. The Kier molecular flexibility index (Phi) is 7.67. The van der Waals surface area contributed by atoms with Gasteiger partial charge in [-0.25, -0.2) is 21.6 Å². The molecule has 5 rings (SSSR count). The van der Waals surface area contributed by atoms with Crippen LogP contribution in [-0.2, 0) is 36.0 Å². The lowest BCUT2D eigenvalue weighted by Gasteiger charge is -2.24. The average Bonchev–Trinajstić information content (AvgIpc) is 3.60. The van der Waals surface area contributed by atoms with E-state index in [1.165, 1.54) is 57.1 Å². The first-order valence-corrected chi connectivity index (χ1v) is 15.7. The molecule has 3 aromatic rings. The van der Waals surface area contributed by atoms with Crippen LogP contribution in [0, 0.1) is 0 Å². The fourth-order valence-corrected chi connectivity index (χ4v) is 8.26. The molecule has 3 aromatic carbocycles. The molecule has 0 unspecified atom stereocenters. The lowest BCUT2D eigenvalue weighted by Crippen LogP contribution is -2.35. The summed E-state index contributed by atoms with van der Waals surface area (Å²) in [6.45, 7) is 2.20. The molecule has 210 valence electrons. The van der Waals surface area contributed by atoms with Gasteiger partial charge in [-0.15, -0.1) is 0 Å². The van der Waals surface area contributed by atoms with E-state index in [2.05, 4.69) is 5.32 Å². The van der Waals surface area contributed by atoms with Crippen molar-refractivity contribution in [3.8, 4) is 0 Å². The predicted octanol–water partition coefficient (Wildman–Crippen LogP) is 3.41. The molecule has 12 heteroatoms. The van der Waals surface area contributed by atoms with Crippen LogP contribution >= 0.6 is 0 Å². The van der Waals surface area contributed by atoms with Crippen molar-refractivity contribution in [2.75, 3.05) is 29.3 Å². The van der Waals surface area contributed by atoms with Gasteiger partial charge in [0.2, 0.25) is 10.0 Å². The predicted molar refractivity (Wildman–Crippen MR) is 149 cm³/mol. The molecule has 2 heterocycles. The van der Waals surface area contributed by atoms with Crippen molar-refractivity contribution in [3.05, 3.63) is 83.9 Å². The normalized spacial score (nSPS) is 17.4. The maximum atomic E-state index is 13.5. The zero-order valence-corrected chi connectivity index (χ0v) is 23.4. The SMILES string of the molecule is C[C@@H]1Cc2ccccc2N1S(=O)(=O)c1cccc(C(=O)OCC(=O)Nc2ccc(S(=O)(=O)N3CCCC3)cc2)c1. The Morgan fingerprint density at radius 3 is 2.30 bits per heavy atom. The van der Waals surface area contributed by atoms with Crippen LogP contribution in [0.15, 0.2) is 82.6 Å². The minimum absolute atomic E-state index is 0.00881. The summed E-state index contributed by atoms with van der Waals surface area (Å²) in [5, 5.41) is 2.56. The molecule has 0 spiro atoms. The van der Waals surface area contributed by atoms with E-state index in [9.17, 15) is 26.4 Å². The zero-order valence-electron chi connectivity index (χ0n) is 21.8. The number of sulfonamides is 2. The summed E-state index contributed by atoms with van der Waals surface area (Å²) in [5.41, 5.74) is 1.88. The molecule has 2 aliphatic heterocycles. The number of para-hydroxylation sites is 1. The molecule has 0 bridgehead atoms. The van der Waals surface area contributed by atoms with Crippen LogP contribution in [-0.4, -0.2) is 58.8 Å². The molecule has 0 radical (unpaired) electrons.